The minimum absolute atomic E-state index is 0.00267. The molecule has 0 saturated carbocycles. The van der Waals surface area contributed by atoms with Crippen LogP contribution in [0.5, 0.6) is 0 Å². The van der Waals surface area contributed by atoms with Gasteiger partial charge in [-0.25, -0.2) is 8.78 Å². The van der Waals surface area contributed by atoms with Gasteiger partial charge in [-0.1, -0.05) is 18.2 Å². The Balaban J connectivity index is 1.68. The van der Waals surface area contributed by atoms with Crippen LogP contribution in [0.2, 0.25) is 0 Å². The average Bonchev–Trinajstić information content (AvgIpc) is 2.60. The number of hydrogen-bond donors (Lipinski definition) is 2. The summed E-state index contributed by atoms with van der Waals surface area (Å²) in [5.41, 5.74) is 2.45. The van der Waals surface area contributed by atoms with E-state index in [1.54, 1.807) is 0 Å². The van der Waals surface area contributed by atoms with E-state index in [1.807, 2.05) is 25.1 Å². The third-order valence-electron chi connectivity index (χ3n) is 4.28. The molecule has 26 heavy (non-hydrogen) atoms. The van der Waals surface area contributed by atoms with Crippen LogP contribution in [0.3, 0.4) is 0 Å². The van der Waals surface area contributed by atoms with Crippen LogP contribution in [-0.2, 0) is 16.0 Å². The lowest BCUT2D eigenvalue weighted by Gasteiger charge is -2.20. The summed E-state index contributed by atoms with van der Waals surface area (Å²) >= 11 is 0. The van der Waals surface area contributed by atoms with Gasteiger partial charge >= 0.3 is 0 Å². The number of halogens is 2. The zero-order chi connectivity index (χ0) is 18.7. The van der Waals surface area contributed by atoms with Gasteiger partial charge in [-0.05, 0) is 48.7 Å². The molecule has 3 rings (SSSR count). The molecule has 1 heterocycles. The summed E-state index contributed by atoms with van der Waals surface area (Å²) in [6.07, 6.45) is 3.32. The monoisotopic (exact) mass is 356 g/mol. The third-order valence-corrected chi connectivity index (χ3v) is 4.28. The van der Waals surface area contributed by atoms with E-state index in [-0.39, 0.29) is 17.5 Å². The lowest BCUT2D eigenvalue weighted by atomic mass is 9.98. The van der Waals surface area contributed by atoms with E-state index in [1.165, 1.54) is 6.07 Å². The molecule has 0 radical (unpaired) electrons. The van der Waals surface area contributed by atoms with E-state index >= 15 is 0 Å². The first-order valence-corrected chi connectivity index (χ1v) is 8.29. The van der Waals surface area contributed by atoms with Crippen LogP contribution < -0.4 is 10.6 Å². The number of rotatable bonds is 4. The second kappa shape index (κ2) is 7.47. The molecule has 4 nitrogen and oxygen atoms in total. The van der Waals surface area contributed by atoms with Gasteiger partial charge < -0.3 is 10.6 Å². The number of anilines is 1. The van der Waals surface area contributed by atoms with Crippen LogP contribution >= 0.6 is 0 Å². The number of fused-ring (bicyclic) bond motifs is 1. The van der Waals surface area contributed by atoms with Crippen molar-refractivity contribution in [1.29, 1.82) is 0 Å². The van der Waals surface area contributed by atoms with E-state index in [4.69, 9.17) is 0 Å². The zero-order valence-corrected chi connectivity index (χ0v) is 14.2. The van der Waals surface area contributed by atoms with Crippen LogP contribution in [0, 0.1) is 11.6 Å². The van der Waals surface area contributed by atoms with Crippen LogP contribution in [0.25, 0.3) is 6.08 Å². The molecule has 1 atom stereocenters. The van der Waals surface area contributed by atoms with Crippen LogP contribution in [0.4, 0.5) is 14.5 Å². The third kappa shape index (κ3) is 3.96. The predicted octanol–water partition coefficient (Wildman–Crippen LogP) is 3.74. The highest BCUT2D eigenvalue weighted by Crippen LogP contribution is 2.26. The van der Waals surface area contributed by atoms with Crippen molar-refractivity contribution in [2.24, 2.45) is 0 Å². The number of nitrogens with one attached hydrogen (secondary N) is 2. The molecule has 2 aromatic rings. The fourth-order valence-electron chi connectivity index (χ4n) is 2.85. The van der Waals surface area contributed by atoms with Crippen LogP contribution in [-0.4, -0.2) is 11.8 Å². The van der Waals surface area contributed by atoms with Gasteiger partial charge in [0.2, 0.25) is 11.8 Å². The molecule has 2 amide bonds. The maximum Gasteiger partial charge on any atom is 0.244 e. The van der Waals surface area contributed by atoms with Crippen molar-refractivity contribution >= 4 is 23.6 Å². The van der Waals surface area contributed by atoms with Crippen molar-refractivity contribution in [3.63, 3.8) is 0 Å². The highest BCUT2D eigenvalue weighted by Gasteiger charge is 2.17. The maximum atomic E-state index is 13.6. The van der Waals surface area contributed by atoms with Crippen molar-refractivity contribution < 1.29 is 18.4 Å². The first-order chi connectivity index (χ1) is 12.4. The van der Waals surface area contributed by atoms with Gasteiger partial charge in [0.05, 0.1) is 6.04 Å². The predicted molar refractivity (Wildman–Crippen MR) is 95.3 cm³/mol. The summed E-state index contributed by atoms with van der Waals surface area (Å²) in [4.78, 5) is 23.5. The fraction of sp³-hybridized carbons (Fsp3) is 0.200. The second-order valence-corrected chi connectivity index (χ2v) is 6.16. The fourth-order valence-corrected chi connectivity index (χ4v) is 2.85. The molecular formula is C20H18F2N2O2. The van der Waals surface area contributed by atoms with E-state index in [9.17, 15) is 18.4 Å². The SMILES string of the molecule is CC(NC(=O)/C=C/c1c(F)cccc1F)c1ccc2c(c1)CCC(=O)N2. The van der Waals surface area contributed by atoms with Crippen molar-refractivity contribution in [3.8, 4) is 0 Å². The molecule has 0 fully saturated rings. The molecule has 0 saturated heterocycles. The minimum Gasteiger partial charge on any atom is -0.346 e. The molecule has 6 heteroatoms. The number of amides is 2. The van der Waals surface area contributed by atoms with Gasteiger partial charge in [0.1, 0.15) is 11.6 Å². The molecule has 0 aliphatic carbocycles. The number of carbonyl (C=O) groups is 2. The summed E-state index contributed by atoms with van der Waals surface area (Å²) in [6.45, 7) is 1.82. The molecular weight excluding hydrogens is 338 g/mol. The van der Waals surface area contributed by atoms with Crippen LogP contribution in [0.15, 0.2) is 42.5 Å². The smallest absolute Gasteiger partial charge is 0.244 e. The zero-order valence-electron chi connectivity index (χ0n) is 14.2. The molecule has 1 aliphatic heterocycles. The van der Waals surface area contributed by atoms with E-state index in [0.29, 0.717) is 12.8 Å². The molecule has 1 aliphatic rings. The Morgan fingerprint density at radius 1 is 1.19 bits per heavy atom. The standard InChI is InChI=1S/C20H18F2N2O2/c1-12(13-5-8-18-14(11-13)6-9-20(26)24-18)23-19(25)10-7-15-16(21)3-2-4-17(15)22/h2-5,7-8,10-12H,6,9H2,1H3,(H,23,25)(H,24,26)/b10-7+. The number of aryl methyl sites for hydroxylation is 1. The Bertz CT molecular complexity index is 873. The van der Waals surface area contributed by atoms with Gasteiger partial charge in [-0.3, -0.25) is 9.59 Å². The molecule has 2 N–H and O–H groups in total. The first kappa shape index (κ1) is 17.8. The van der Waals surface area contributed by atoms with Crippen molar-refractivity contribution in [1.82, 2.24) is 5.32 Å². The Labute approximate surface area is 149 Å². The lowest BCUT2D eigenvalue weighted by Crippen LogP contribution is -2.25. The van der Waals surface area contributed by atoms with Crippen molar-refractivity contribution in [3.05, 3.63) is 70.8 Å². The Morgan fingerprint density at radius 3 is 2.65 bits per heavy atom. The van der Waals surface area contributed by atoms with E-state index in [0.717, 1.165) is 41.1 Å². The molecule has 1 unspecified atom stereocenters. The quantitative estimate of drug-likeness (QED) is 0.820. The van der Waals surface area contributed by atoms with Gasteiger partial charge in [-0.2, -0.15) is 0 Å². The Hall–Kier alpha value is -3.02. The topological polar surface area (TPSA) is 58.2 Å². The lowest BCUT2D eigenvalue weighted by molar-refractivity contribution is -0.117. The molecule has 0 aromatic heterocycles. The van der Waals surface area contributed by atoms with Crippen LogP contribution in [0.1, 0.15) is 36.1 Å². The van der Waals surface area contributed by atoms with Gasteiger partial charge in [0, 0.05) is 23.7 Å². The summed E-state index contributed by atoms with van der Waals surface area (Å²) in [5.74, 6) is -1.90. The summed E-state index contributed by atoms with van der Waals surface area (Å²) in [6, 6.07) is 8.83. The van der Waals surface area contributed by atoms with Crippen molar-refractivity contribution in [2.75, 3.05) is 5.32 Å². The number of carbonyl (C=O) groups excluding carboxylic acids is 2. The Morgan fingerprint density at radius 2 is 1.92 bits per heavy atom. The summed E-state index contributed by atoms with van der Waals surface area (Å²) in [7, 11) is 0. The molecule has 0 bridgehead atoms. The van der Waals surface area contributed by atoms with Gasteiger partial charge in [0.25, 0.3) is 0 Å². The molecule has 134 valence electrons. The highest BCUT2D eigenvalue weighted by atomic mass is 19.1. The van der Waals surface area contributed by atoms with E-state index in [2.05, 4.69) is 10.6 Å². The van der Waals surface area contributed by atoms with Gasteiger partial charge in [0.15, 0.2) is 0 Å². The van der Waals surface area contributed by atoms with Gasteiger partial charge in [-0.15, -0.1) is 0 Å². The molecule has 2 aromatic carbocycles. The second-order valence-electron chi connectivity index (χ2n) is 6.16. The average molecular weight is 356 g/mol. The maximum absolute atomic E-state index is 13.6. The largest absolute Gasteiger partial charge is 0.346 e. The summed E-state index contributed by atoms with van der Waals surface area (Å²) in [5, 5.41) is 5.57. The summed E-state index contributed by atoms with van der Waals surface area (Å²) < 4.78 is 27.1. The van der Waals surface area contributed by atoms with E-state index < -0.39 is 17.5 Å². The highest BCUT2D eigenvalue weighted by molar-refractivity contribution is 5.94. The normalized spacial score (nSPS) is 14.7. The molecule has 0 spiro atoms. The van der Waals surface area contributed by atoms with Crippen molar-refractivity contribution in [2.45, 2.75) is 25.8 Å². The number of hydrogen-bond acceptors (Lipinski definition) is 2. The minimum atomic E-state index is -0.723. The first-order valence-electron chi connectivity index (χ1n) is 8.29. The number of benzene rings is 2. The Kier molecular flexibility index (Phi) is 5.11.